The third-order valence-corrected chi connectivity index (χ3v) is 4.22. The molecule has 0 amide bonds. The normalized spacial score (nSPS) is 20.4. The van der Waals surface area contributed by atoms with E-state index in [0.29, 0.717) is 5.25 Å². The molecule has 2 nitrogen and oxygen atoms in total. The van der Waals surface area contributed by atoms with Crippen molar-refractivity contribution in [1.29, 1.82) is 0 Å². The van der Waals surface area contributed by atoms with E-state index in [1.54, 1.807) is 0 Å². The monoisotopic (exact) mass is 235 g/mol. The lowest BCUT2D eigenvalue weighted by Crippen LogP contribution is -2.28. The number of thioether (sulfide) groups is 1. The Hall–Kier alpha value is -0.960. The van der Waals surface area contributed by atoms with Gasteiger partial charge in [-0.15, -0.1) is 0 Å². The van der Waals surface area contributed by atoms with Crippen LogP contribution in [0.3, 0.4) is 0 Å². The van der Waals surface area contributed by atoms with Gasteiger partial charge in [-0.3, -0.25) is 4.58 Å². The predicted octanol–water partition coefficient (Wildman–Crippen LogP) is 2.56. The van der Waals surface area contributed by atoms with E-state index in [1.807, 2.05) is 11.8 Å². The number of aryl methyl sites for hydroxylation is 1. The number of amidine groups is 1. The largest absolute Gasteiger partial charge is 0.313 e. The lowest BCUT2D eigenvalue weighted by atomic mass is 10.2. The van der Waals surface area contributed by atoms with Crippen molar-refractivity contribution in [2.75, 3.05) is 25.5 Å². The summed E-state index contributed by atoms with van der Waals surface area (Å²) in [6, 6.07) is 8.68. The topological polar surface area (TPSA) is 6.25 Å². The maximum atomic E-state index is 2.33. The minimum atomic E-state index is 0.688. The Balaban J connectivity index is 2.22. The maximum Gasteiger partial charge on any atom is 0.313 e. The number of anilines is 1. The molecule has 1 unspecified atom stereocenters. The average molecular weight is 235 g/mol. The summed E-state index contributed by atoms with van der Waals surface area (Å²) in [5.74, 6) is 0. The number of benzene rings is 1. The first-order valence-corrected chi connectivity index (χ1v) is 6.51. The molecule has 2 rings (SSSR count). The van der Waals surface area contributed by atoms with Gasteiger partial charge < -0.3 is 0 Å². The first-order chi connectivity index (χ1) is 7.58. The fourth-order valence-electron chi connectivity index (χ4n) is 1.98. The molecular weight excluding hydrogens is 216 g/mol. The third kappa shape index (κ3) is 2.24. The smallest absolute Gasteiger partial charge is 0.257 e. The second-order valence-electron chi connectivity index (χ2n) is 4.49. The SMILES string of the molecule is Cc1ccc(N(C)C2=[N+](C)CC(C)S2)cc1. The van der Waals surface area contributed by atoms with Gasteiger partial charge in [-0.05, 0) is 37.7 Å². The Morgan fingerprint density at radius 3 is 2.44 bits per heavy atom. The highest BCUT2D eigenvalue weighted by Gasteiger charge is 2.29. The lowest BCUT2D eigenvalue weighted by Gasteiger charge is -2.12. The average Bonchev–Trinajstić information content (AvgIpc) is 2.58. The van der Waals surface area contributed by atoms with Gasteiger partial charge >= 0.3 is 5.17 Å². The zero-order valence-corrected chi connectivity index (χ0v) is 11.2. The van der Waals surface area contributed by atoms with Crippen molar-refractivity contribution in [2.24, 2.45) is 0 Å². The molecule has 0 aromatic heterocycles. The van der Waals surface area contributed by atoms with E-state index >= 15 is 0 Å². The molecule has 1 heterocycles. The van der Waals surface area contributed by atoms with Crippen LogP contribution in [0.25, 0.3) is 0 Å². The van der Waals surface area contributed by atoms with Crippen molar-refractivity contribution in [2.45, 2.75) is 19.1 Å². The van der Waals surface area contributed by atoms with Crippen molar-refractivity contribution in [3.63, 3.8) is 0 Å². The van der Waals surface area contributed by atoms with Crippen molar-refractivity contribution in [3.05, 3.63) is 29.8 Å². The van der Waals surface area contributed by atoms with Crippen LogP contribution in [0.15, 0.2) is 24.3 Å². The molecule has 0 bridgehead atoms. The van der Waals surface area contributed by atoms with E-state index in [9.17, 15) is 0 Å². The molecule has 1 aliphatic heterocycles. The van der Waals surface area contributed by atoms with Crippen LogP contribution in [0.1, 0.15) is 12.5 Å². The van der Waals surface area contributed by atoms with E-state index in [0.717, 1.165) is 6.54 Å². The molecule has 0 saturated carbocycles. The summed E-state index contributed by atoms with van der Waals surface area (Å²) in [4.78, 5) is 2.27. The zero-order valence-electron chi connectivity index (χ0n) is 10.4. The predicted molar refractivity (Wildman–Crippen MR) is 72.7 cm³/mol. The van der Waals surface area contributed by atoms with E-state index < -0.39 is 0 Å². The summed E-state index contributed by atoms with van der Waals surface area (Å²) >= 11 is 1.95. The molecule has 3 heteroatoms. The number of nitrogens with zero attached hydrogens (tertiary/aromatic N) is 2. The maximum absolute atomic E-state index is 2.33. The summed E-state index contributed by atoms with van der Waals surface area (Å²) in [7, 11) is 4.30. The second kappa shape index (κ2) is 4.50. The van der Waals surface area contributed by atoms with Crippen LogP contribution in [0.5, 0.6) is 0 Å². The molecule has 86 valence electrons. The van der Waals surface area contributed by atoms with Crippen molar-refractivity contribution >= 4 is 22.6 Å². The molecule has 0 N–H and O–H groups in total. The van der Waals surface area contributed by atoms with Gasteiger partial charge in [-0.2, -0.15) is 0 Å². The van der Waals surface area contributed by atoms with Gasteiger partial charge in [-0.25, -0.2) is 4.90 Å². The highest BCUT2D eigenvalue weighted by Crippen LogP contribution is 2.25. The Morgan fingerprint density at radius 1 is 1.31 bits per heavy atom. The summed E-state index contributed by atoms with van der Waals surface area (Å²) in [5.41, 5.74) is 2.57. The Morgan fingerprint density at radius 2 is 1.94 bits per heavy atom. The van der Waals surface area contributed by atoms with E-state index in [-0.39, 0.29) is 0 Å². The van der Waals surface area contributed by atoms with Gasteiger partial charge in [0.05, 0.1) is 25.9 Å². The van der Waals surface area contributed by atoms with E-state index in [4.69, 9.17) is 0 Å². The second-order valence-corrected chi connectivity index (χ2v) is 5.89. The van der Waals surface area contributed by atoms with E-state index in [1.165, 1.54) is 16.4 Å². The van der Waals surface area contributed by atoms with E-state index in [2.05, 4.69) is 61.7 Å². The van der Waals surface area contributed by atoms with Crippen molar-refractivity contribution in [1.82, 2.24) is 0 Å². The molecular formula is C13H19N2S+. The molecule has 0 radical (unpaired) electrons. The van der Waals surface area contributed by atoms with Crippen LogP contribution in [0, 0.1) is 6.92 Å². The quantitative estimate of drug-likeness (QED) is 0.690. The number of hydrogen-bond acceptors (Lipinski definition) is 2. The summed E-state index contributed by atoms with van der Waals surface area (Å²) < 4.78 is 2.33. The van der Waals surface area contributed by atoms with Gasteiger partial charge in [-0.1, -0.05) is 17.7 Å². The molecule has 0 fully saturated rings. The molecule has 1 aliphatic rings. The molecule has 0 aliphatic carbocycles. The van der Waals surface area contributed by atoms with Gasteiger partial charge in [0.25, 0.3) is 0 Å². The Labute approximate surface area is 102 Å². The highest BCUT2D eigenvalue weighted by molar-refractivity contribution is 8.14. The van der Waals surface area contributed by atoms with Crippen molar-refractivity contribution in [3.8, 4) is 0 Å². The minimum Gasteiger partial charge on any atom is -0.257 e. The fraction of sp³-hybridized carbons (Fsp3) is 0.462. The van der Waals surface area contributed by atoms with Crippen LogP contribution in [0.4, 0.5) is 5.69 Å². The lowest BCUT2D eigenvalue weighted by molar-refractivity contribution is -0.490. The van der Waals surface area contributed by atoms with Gasteiger partial charge in [0.1, 0.15) is 5.69 Å². The molecule has 0 saturated heterocycles. The molecule has 1 aromatic carbocycles. The first kappa shape index (κ1) is 11.5. The van der Waals surface area contributed by atoms with Crippen LogP contribution in [0.2, 0.25) is 0 Å². The van der Waals surface area contributed by atoms with Crippen LogP contribution >= 0.6 is 11.8 Å². The first-order valence-electron chi connectivity index (χ1n) is 5.63. The standard InChI is InChI=1S/C13H19N2S/c1-10-5-7-12(8-6-10)15(4)13-14(3)9-11(2)16-13/h5-8,11H,9H2,1-4H3/q+1. The third-order valence-electron chi connectivity index (χ3n) is 2.87. The summed E-state index contributed by atoms with van der Waals surface area (Å²) in [5, 5.41) is 2.03. The molecule has 1 atom stereocenters. The van der Waals surface area contributed by atoms with Gasteiger partial charge in [0.15, 0.2) is 0 Å². The highest BCUT2D eigenvalue weighted by atomic mass is 32.2. The molecule has 16 heavy (non-hydrogen) atoms. The minimum absolute atomic E-state index is 0.688. The Bertz CT molecular complexity index is 408. The number of rotatable bonds is 1. The van der Waals surface area contributed by atoms with Crippen LogP contribution in [-0.4, -0.2) is 35.6 Å². The Kier molecular flexibility index (Phi) is 3.24. The van der Waals surface area contributed by atoms with Crippen molar-refractivity contribution < 1.29 is 4.58 Å². The molecule has 1 aromatic rings. The number of hydrogen-bond donors (Lipinski definition) is 0. The summed E-state index contributed by atoms with van der Waals surface area (Å²) in [6.45, 7) is 5.53. The van der Waals surface area contributed by atoms with Crippen LogP contribution < -0.4 is 4.90 Å². The summed E-state index contributed by atoms with van der Waals surface area (Å²) in [6.07, 6.45) is 0. The van der Waals surface area contributed by atoms with Gasteiger partial charge in [0, 0.05) is 0 Å². The molecule has 0 spiro atoms. The fourth-order valence-corrected chi connectivity index (χ4v) is 3.16. The zero-order chi connectivity index (χ0) is 11.7. The van der Waals surface area contributed by atoms with Crippen LogP contribution in [-0.2, 0) is 0 Å². The van der Waals surface area contributed by atoms with Gasteiger partial charge in [0.2, 0.25) is 0 Å².